The van der Waals surface area contributed by atoms with Crippen LogP contribution in [0.2, 0.25) is 0 Å². The van der Waals surface area contributed by atoms with Crippen LogP contribution < -0.4 is 5.09 Å². The molecule has 0 aliphatic carbocycles. The van der Waals surface area contributed by atoms with Crippen molar-refractivity contribution < 1.29 is 9.32 Å². The minimum absolute atomic E-state index is 0.261. The molecule has 19 heavy (non-hydrogen) atoms. The average Bonchev–Trinajstić information content (AvgIpc) is 2.84. The molecule has 1 aliphatic rings. The molecule has 3 rings (SSSR count). The van der Waals surface area contributed by atoms with Crippen molar-refractivity contribution in [3.63, 3.8) is 0 Å². The molecule has 98 valence electrons. The predicted molar refractivity (Wildman–Crippen MR) is 81.9 cm³/mol. The van der Waals surface area contributed by atoms with Crippen LogP contribution in [0.4, 0.5) is 0 Å². The molecule has 1 saturated heterocycles. The summed E-state index contributed by atoms with van der Waals surface area (Å²) in [5, 5.41) is 3.81. The average molecular weight is 310 g/mol. The summed E-state index contributed by atoms with van der Waals surface area (Å²) in [6.45, 7) is 0.605. The van der Waals surface area contributed by atoms with E-state index in [0.717, 1.165) is 16.7 Å². The number of carbonyl (C=O) groups excluding carboxylic acids is 1. The third-order valence-electron chi connectivity index (χ3n) is 2.68. The van der Waals surface area contributed by atoms with Gasteiger partial charge >= 0.3 is 0 Å². The fraction of sp³-hybridized carbons (Fsp3) is 0.167. The molecule has 0 saturated carbocycles. The molecular weight excluding hydrogens is 299 g/mol. The topological polar surface area (TPSA) is 51.2 Å². The molecule has 2 heterocycles. The van der Waals surface area contributed by atoms with Gasteiger partial charge in [-0.1, -0.05) is 35.6 Å². The zero-order valence-electron chi connectivity index (χ0n) is 9.91. The first-order valence-electron chi connectivity index (χ1n) is 5.74. The van der Waals surface area contributed by atoms with Crippen molar-refractivity contribution in [3.8, 4) is 0 Å². The van der Waals surface area contributed by atoms with Crippen molar-refractivity contribution in [1.29, 1.82) is 0 Å². The smallest absolute Gasteiger partial charge is 0.275 e. The zero-order valence-corrected chi connectivity index (χ0v) is 12.4. The Bertz CT molecular complexity index is 682. The molecule has 1 fully saturated rings. The molecule has 4 nitrogen and oxygen atoms in total. The Morgan fingerprint density at radius 2 is 2.21 bits per heavy atom. The first-order chi connectivity index (χ1) is 9.16. The SMILES string of the molecule is O=C(NP1(=S)OCCS1)c1ccc2ccccc2n1. The second-order valence-corrected chi connectivity index (χ2v) is 10.7. The number of aromatic nitrogens is 1. The van der Waals surface area contributed by atoms with E-state index in [0.29, 0.717) is 12.3 Å². The van der Waals surface area contributed by atoms with Gasteiger partial charge in [-0.2, -0.15) is 0 Å². The van der Waals surface area contributed by atoms with Gasteiger partial charge in [-0.05, 0) is 23.9 Å². The Morgan fingerprint density at radius 3 is 3.00 bits per heavy atom. The van der Waals surface area contributed by atoms with Crippen molar-refractivity contribution >= 4 is 45.6 Å². The number of hydrogen-bond acceptors (Lipinski definition) is 5. The molecular formula is C12H11N2O2PS2. The van der Waals surface area contributed by atoms with E-state index in [2.05, 4.69) is 10.1 Å². The third-order valence-corrected chi connectivity index (χ3v) is 8.06. The molecule has 1 amide bonds. The number of carbonyl (C=O) groups is 1. The van der Waals surface area contributed by atoms with Gasteiger partial charge in [0, 0.05) is 11.1 Å². The molecule has 0 spiro atoms. The number of pyridine rings is 1. The van der Waals surface area contributed by atoms with Gasteiger partial charge < -0.3 is 4.52 Å². The van der Waals surface area contributed by atoms with Crippen LogP contribution in [0.1, 0.15) is 10.5 Å². The van der Waals surface area contributed by atoms with Crippen LogP contribution in [0, 0.1) is 0 Å². The minimum atomic E-state index is -2.24. The quantitative estimate of drug-likeness (QED) is 0.864. The van der Waals surface area contributed by atoms with E-state index in [1.54, 1.807) is 6.07 Å². The van der Waals surface area contributed by atoms with Gasteiger partial charge in [0.05, 0.1) is 12.1 Å². The summed E-state index contributed by atoms with van der Waals surface area (Å²) in [6.07, 6.45) is 0. The van der Waals surface area contributed by atoms with Crippen LogP contribution in [0.5, 0.6) is 0 Å². The van der Waals surface area contributed by atoms with E-state index >= 15 is 0 Å². The van der Waals surface area contributed by atoms with E-state index in [1.165, 1.54) is 11.4 Å². The van der Waals surface area contributed by atoms with Crippen LogP contribution in [0.3, 0.4) is 0 Å². The highest BCUT2D eigenvalue weighted by Gasteiger charge is 2.27. The maximum atomic E-state index is 12.1. The van der Waals surface area contributed by atoms with Gasteiger partial charge in [0.15, 0.2) is 0 Å². The van der Waals surface area contributed by atoms with E-state index in [4.69, 9.17) is 16.3 Å². The first kappa shape index (κ1) is 13.1. The number of para-hydroxylation sites is 1. The fourth-order valence-corrected chi connectivity index (χ4v) is 6.19. The van der Waals surface area contributed by atoms with Gasteiger partial charge in [-0.3, -0.25) is 9.88 Å². The molecule has 7 heteroatoms. The fourth-order valence-electron chi connectivity index (χ4n) is 1.79. The predicted octanol–water partition coefficient (Wildman–Crippen LogP) is 2.95. The normalized spacial score (nSPS) is 22.5. The van der Waals surface area contributed by atoms with Crippen LogP contribution in [0.15, 0.2) is 36.4 Å². The van der Waals surface area contributed by atoms with Crippen LogP contribution in [0.25, 0.3) is 10.9 Å². The van der Waals surface area contributed by atoms with E-state index in [9.17, 15) is 4.79 Å². The summed E-state index contributed by atoms with van der Waals surface area (Å²) in [5.41, 5.74) is -1.07. The van der Waals surface area contributed by atoms with Crippen molar-refractivity contribution in [2.75, 3.05) is 12.4 Å². The van der Waals surface area contributed by atoms with Crippen LogP contribution >= 0.6 is 17.0 Å². The Hall–Kier alpha value is -0.940. The molecule has 0 bridgehead atoms. The summed E-state index contributed by atoms with van der Waals surface area (Å²) < 4.78 is 5.45. The molecule has 1 aromatic carbocycles. The molecule has 2 aromatic rings. The van der Waals surface area contributed by atoms with Gasteiger partial charge in [0.1, 0.15) is 5.69 Å². The Labute approximate surface area is 119 Å². The second-order valence-electron chi connectivity index (χ2n) is 3.99. The number of nitrogens with zero attached hydrogens (tertiary/aromatic N) is 1. The molecule has 1 atom stereocenters. The van der Waals surface area contributed by atoms with Crippen molar-refractivity contribution in [3.05, 3.63) is 42.1 Å². The number of rotatable bonds is 2. The van der Waals surface area contributed by atoms with E-state index < -0.39 is 5.62 Å². The van der Waals surface area contributed by atoms with Gasteiger partial charge in [0.2, 0.25) is 5.62 Å². The minimum Gasteiger partial charge on any atom is -0.326 e. The first-order valence-corrected chi connectivity index (χ1v) is 10.0. The maximum Gasteiger partial charge on any atom is 0.275 e. The molecule has 1 aliphatic heterocycles. The number of benzene rings is 1. The maximum absolute atomic E-state index is 12.1. The Kier molecular flexibility index (Phi) is 3.58. The monoisotopic (exact) mass is 310 g/mol. The standard InChI is InChI=1S/C12H11N2O2PS2/c15-12(14-17(18)16-7-8-19-17)11-6-5-9-3-1-2-4-10(9)13-11/h1-6H,7-8H2,(H,14,15,18). The van der Waals surface area contributed by atoms with Crippen molar-refractivity contribution in [1.82, 2.24) is 10.1 Å². The Balaban J connectivity index is 1.87. The van der Waals surface area contributed by atoms with Gasteiger partial charge in [-0.25, -0.2) is 4.98 Å². The summed E-state index contributed by atoms with van der Waals surface area (Å²) >= 11 is 6.85. The lowest BCUT2D eigenvalue weighted by molar-refractivity contribution is 0.0975. The summed E-state index contributed by atoms with van der Waals surface area (Å²) in [6, 6.07) is 11.3. The molecule has 0 radical (unpaired) electrons. The number of hydrogen-bond donors (Lipinski definition) is 1. The van der Waals surface area contributed by atoms with Crippen LogP contribution in [-0.4, -0.2) is 23.3 Å². The summed E-state index contributed by atoms with van der Waals surface area (Å²) in [5.74, 6) is 0.575. The van der Waals surface area contributed by atoms with Crippen molar-refractivity contribution in [2.45, 2.75) is 0 Å². The lowest BCUT2D eigenvalue weighted by Crippen LogP contribution is -2.20. The summed E-state index contributed by atoms with van der Waals surface area (Å²) in [7, 11) is 0. The second kappa shape index (κ2) is 5.21. The number of nitrogens with one attached hydrogen (secondary N) is 1. The highest BCUT2D eigenvalue weighted by molar-refractivity contribution is 8.69. The molecule has 1 aromatic heterocycles. The zero-order chi connectivity index (χ0) is 13.3. The van der Waals surface area contributed by atoms with Gasteiger partial charge in [-0.15, -0.1) is 0 Å². The lowest BCUT2D eigenvalue weighted by Gasteiger charge is -2.14. The highest BCUT2D eigenvalue weighted by atomic mass is 32.9. The lowest BCUT2D eigenvalue weighted by atomic mass is 10.2. The molecule has 1 unspecified atom stereocenters. The summed E-state index contributed by atoms with van der Waals surface area (Å²) in [4.78, 5) is 16.5. The Morgan fingerprint density at radius 1 is 1.37 bits per heavy atom. The highest BCUT2D eigenvalue weighted by Crippen LogP contribution is 2.60. The van der Waals surface area contributed by atoms with Gasteiger partial charge in [0.25, 0.3) is 5.91 Å². The number of fused-ring (bicyclic) bond motifs is 1. The largest absolute Gasteiger partial charge is 0.326 e. The molecule has 1 N–H and O–H groups in total. The van der Waals surface area contributed by atoms with E-state index in [1.807, 2.05) is 30.3 Å². The third kappa shape index (κ3) is 2.82. The van der Waals surface area contributed by atoms with E-state index in [-0.39, 0.29) is 5.91 Å². The number of amides is 1. The van der Waals surface area contributed by atoms with Crippen molar-refractivity contribution in [2.24, 2.45) is 0 Å². The van der Waals surface area contributed by atoms with Crippen LogP contribution in [-0.2, 0) is 16.3 Å².